The van der Waals surface area contributed by atoms with Gasteiger partial charge < -0.3 is 48.5 Å². The van der Waals surface area contributed by atoms with Crippen molar-refractivity contribution in [3.63, 3.8) is 0 Å². The number of likely N-dealkylation sites (tertiary alicyclic amines) is 1. The van der Waals surface area contributed by atoms with Crippen LogP contribution in [-0.2, 0) is 60.7 Å². The summed E-state index contributed by atoms with van der Waals surface area (Å²) in [6.45, 7) is 9.45. The summed E-state index contributed by atoms with van der Waals surface area (Å²) in [6.07, 6.45) is 5.00. The SMILES string of the molecule is Cc1c(-c2c(C(=O)Nc3ccc(O)cc3)c(C)n(C)c2-c2cc3c(cc2C(=O)N2Cc4ccccc4C[C@H]2CN2CCCCC2)CN(C(=O)Cc2ccc(OCC[C@H]4COCCO4)cc2F)CC3)cc(C#N)n1C. The van der Waals surface area contributed by atoms with E-state index in [2.05, 4.69) is 40.6 Å². The van der Waals surface area contributed by atoms with Crippen molar-refractivity contribution < 1.29 is 38.1 Å². The number of nitrogens with one attached hydrogen (secondary N) is 1. The number of piperidine rings is 1. The number of rotatable bonds is 13. The van der Waals surface area contributed by atoms with E-state index in [-0.39, 0.29) is 54.1 Å². The Bertz CT molecular complexity index is 3140. The molecule has 6 heterocycles. The standard InChI is InChI=1S/C59H64FN7O7/c1-37-50(30-45(32-61)63(37)3)56-55(58(70)62-44-13-15-47(68)16-14-44)38(2)64(4)57(56)51-27-40-18-22-66(54(69)29-41-12-17-48(31-53(41)60)73-23-19-49-36-72-24-25-74-49)33-43(40)28-52(51)59(71)67-34-42-11-7-6-10-39(42)26-46(67)35-65-20-8-5-9-21-65/h6-7,10-17,27-28,30-31,46,49,68H,5,8-9,18-26,29,33-36H2,1-4H3,(H,62,70)/t46-,49-/m0/s1. The maximum atomic E-state index is 16.0. The quantitative estimate of drug-likeness (QED) is 0.108. The average molecular weight is 1000 g/mol. The molecular formula is C59H64FN7O7. The lowest BCUT2D eigenvalue weighted by Gasteiger charge is -2.41. The minimum Gasteiger partial charge on any atom is -0.508 e. The zero-order chi connectivity index (χ0) is 51.6. The summed E-state index contributed by atoms with van der Waals surface area (Å²) < 4.78 is 36.4. The van der Waals surface area contributed by atoms with E-state index < -0.39 is 5.82 Å². The van der Waals surface area contributed by atoms with Crippen LogP contribution in [0, 0.1) is 31.0 Å². The molecule has 0 saturated carbocycles. The number of hydrogen-bond donors (Lipinski definition) is 2. The fraction of sp³-hybridized carbons (Fsp3) is 0.390. The molecule has 10 rings (SSSR count). The molecule has 3 amide bonds. The van der Waals surface area contributed by atoms with Crippen molar-refractivity contribution in [1.29, 1.82) is 5.26 Å². The number of phenolic OH excluding ortho intramolecular Hbond substituents is 1. The van der Waals surface area contributed by atoms with Crippen LogP contribution < -0.4 is 10.1 Å². The van der Waals surface area contributed by atoms with Crippen molar-refractivity contribution >= 4 is 23.4 Å². The van der Waals surface area contributed by atoms with Crippen molar-refractivity contribution in [2.45, 2.75) is 84.0 Å². The summed E-state index contributed by atoms with van der Waals surface area (Å²) in [5, 5.41) is 23.4. The number of carbonyl (C=O) groups excluding carboxylic acids is 3. The molecule has 2 fully saturated rings. The molecule has 4 aliphatic rings. The summed E-state index contributed by atoms with van der Waals surface area (Å²) in [7, 11) is 3.73. The van der Waals surface area contributed by atoms with Gasteiger partial charge in [-0.15, -0.1) is 0 Å². The van der Waals surface area contributed by atoms with Gasteiger partial charge >= 0.3 is 0 Å². The fourth-order valence-corrected chi connectivity index (χ4v) is 11.3. The van der Waals surface area contributed by atoms with Crippen molar-refractivity contribution in [3.05, 3.63) is 147 Å². The predicted octanol–water partition coefficient (Wildman–Crippen LogP) is 8.65. The van der Waals surface area contributed by atoms with Gasteiger partial charge in [0.25, 0.3) is 11.8 Å². The molecule has 0 bridgehead atoms. The van der Waals surface area contributed by atoms with E-state index >= 15 is 9.18 Å². The number of aromatic nitrogens is 2. The van der Waals surface area contributed by atoms with Crippen LogP contribution in [-0.4, -0.2) is 111 Å². The van der Waals surface area contributed by atoms with Crippen LogP contribution in [0.1, 0.15) is 91.3 Å². The summed E-state index contributed by atoms with van der Waals surface area (Å²) in [4.78, 5) is 51.3. The second-order valence-electron chi connectivity index (χ2n) is 20.2. The zero-order valence-corrected chi connectivity index (χ0v) is 42.7. The molecule has 15 heteroatoms. The highest BCUT2D eigenvalue weighted by Gasteiger charge is 2.37. The third-order valence-corrected chi connectivity index (χ3v) is 15.6. The number of fused-ring (bicyclic) bond motifs is 2. The second-order valence-corrected chi connectivity index (χ2v) is 20.2. The molecule has 2 aromatic heterocycles. The lowest BCUT2D eigenvalue weighted by molar-refractivity contribution is -0.131. The van der Waals surface area contributed by atoms with Crippen LogP contribution in [0.4, 0.5) is 10.1 Å². The Labute approximate surface area is 431 Å². The molecule has 2 N–H and O–H groups in total. The maximum Gasteiger partial charge on any atom is 0.258 e. The van der Waals surface area contributed by atoms with Crippen molar-refractivity contribution in [1.82, 2.24) is 23.8 Å². The third kappa shape index (κ3) is 10.3. The lowest BCUT2D eigenvalue weighted by Crippen LogP contribution is -2.51. The number of nitrogens with zero attached hydrogens (tertiary/aromatic N) is 6. The molecule has 4 aromatic carbocycles. The minimum atomic E-state index is -0.523. The topological polar surface area (TPSA) is 155 Å². The predicted molar refractivity (Wildman–Crippen MR) is 279 cm³/mol. The van der Waals surface area contributed by atoms with Gasteiger partial charge in [0.1, 0.15) is 29.1 Å². The Hall–Kier alpha value is -7.25. The first-order valence-corrected chi connectivity index (χ1v) is 25.9. The van der Waals surface area contributed by atoms with E-state index in [1.807, 2.05) is 54.1 Å². The van der Waals surface area contributed by atoms with Crippen molar-refractivity contribution in [3.8, 4) is 40.0 Å². The highest BCUT2D eigenvalue weighted by molar-refractivity contribution is 6.14. The number of hydrogen-bond acceptors (Lipinski definition) is 9. The van der Waals surface area contributed by atoms with Crippen molar-refractivity contribution in [2.24, 2.45) is 14.1 Å². The van der Waals surface area contributed by atoms with Gasteiger partial charge in [0.2, 0.25) is 5.91 Å². The highest BCUT2D eigenvalue weighted by atomic mass is 19.1. The van der Waals surface area contributed by atoms with Crippen LogP contribution in [0.25, 0.3) is 22.4 Å². The van der Waals surface area contributed by atoms with Gasteiger partial charge in [0.15, 0.2) is 0 Å². The van der Waals surface area contributed by atoms with Crippen LogP contribution in [0.2, 0.25) is 0 Å². The molecule has 0 unspecified atom stereocenters. The minimum absolute atomic E-state index is 0.0639. The molecule has 74 heavy (non-hydrogen) atoms. The summed E-state index contributed by atoms with van der Waals surface area (Å²) in [5.74, 6) is -0.863. The van der Waals surface area contributed by atoms with Gasteiger partial charge in [-0.25, -0.2) is 4.39 Å². The number of ether oxygens (including phenoxy) is 3. The van der Waals surface area contributed by atoms with Gasteiger partial charge in [-0.05, 0) is 129 Å². The summed E-state index contributed by atoms with van der Waals surface area (Å²) in [5.41, 5.74) is 10.0. The number of nitriles is 1. The van der Waals surface area contributed by atoms with Crippen LogP contribution in [0.15, 0.2) is 84.9 Å². The first kappa shape index (κ1) is 50.3. The smallest absolute Gasteiger partial charge is 0.258 e. The Morgan fingerprint density at radius 3 is 2.36 bits per heavy atom. The van der Waals surface area contributed by atoms with Crippen molar-refractivity contribution in [2.75, 3.05) is 57.9 Å². The van der Waals surface area contributed by atoms with Gasteiger partial charge in [0, 0.05) is 98.1 Å². The third-order valence-electron chi connectivity index (χ3n) is 15.6. The number of anilines is 1. The number of carbonyl (C=O) groups is 3. The van der Waals surface area contributed by atoms with Crippen LogP contribution >= 0.6 is 0 Å². The molecule has 384 valence electrons. The molecule has 0 radical (unpaired) electrons. The maximum absolute atomic E-state index is 16.0. The molecule has 2 saturated heterocycles. The van der Waals surface area contributed by atoms with Gasteiger partial charge in [0.05, 0.1) is 50.2 Å². The van der Waals surface area contributed by atoms with E-state index in [0.29, 0.717) is 115 Å². The molecule has 6 aromatic rings. The number of benzene rings is 4. The second kappa shape index (κ2) is 21.7. The lowest BCUT2D eigenvalue weighted by atomic mass is 9.87. The van der Waals surface area contributed by atoms with E-state index in [9.17, 15) is 20.0 Å². The van der Waals surface area contributed by atoms with E-state index in [1.165, 1.54) is 30.2 Å². The van der Waals surface area contributed by atoms with Gasteiger partial charge in [-0.1, -0.05) is 36.8 Å². The van der Waals surface area contributed by atoms with E-state index in [4.69, 9.17) is 14.2 Å². The van der Waals surface area contributed by atoms with Crippen LogP contribution in [0.5, 0.6) is 11.5 Å². The molecular weight excluding hydrogens is 938 g/mol. The summed E-state index contributed by atoms with van der Waals surface area (Å²) >= 11 is 0. The molecule has 14 nitrogen and oxygen atoms in total. The number of amides is 3. The Morgan fingerprint density at radius 1 is 0.851 bits per heavy atom. The largest absolute Gasteiger partial charge is 0.508 e. The average Bonchev–Trinajstić information content (AvgIpc) is 3.86. The normalized spacial score (nSPS) is 17.8. The number of halogens is 1. The van der Waals surface area contributed by atoms with E-state index in [0.717, 1.165) is 54.9 Å². The molecule has 4 aliphatic heterocycles. The molecule has 2 atom stereocenters. The van der Waals surface area contributed by atoms with E-state index in [1.54, 1.807) is 35.2 Å². The first-order chi connectivity index (χ1) is 35.8. The monoisotopic (exact) mass is 1000 g/mol. The van der Waals surface area contributed by atoms with Gasteiger partial charge in [-0.3, -0.25) is 14.4 Å². The zero-order valence-electron chi connectivity index (χ0n) is 42.7. The fourth-order valence-electron chi connectivity index (χ4n) is 11.3. The summed E-state index contributed by atoms with van der Waals surface area (Å²) in [6, 6.07) is 27.2. The first-order valence-electron chi connectivity index (χ1n) is 25.9. The van der Waals surface area contributed by atoms with Gasteiger partial charge in [-0.2, -0.15) is 5.26 Å². The highest BCUT2D eigenvalue weighted by Crippen LogP contribution is 2.44. The molecule has 0 aliphatic carbocycles. The number of phenols is 1. The molecule has 0 spiro atoms. The Balaban J connectivity index is 1.04. The van der Waals surface area contributed by atoms with Crippen LogP contribution in [0.3, 0.4) is 0 Å². The Kier molecular flexibility index (Phi) is 14.7. The Morgan fingerprint density at radius 2 is 1.64 bits per heavy atom. The number of aromatic hydroxyl groups is 1.